The monoisotopic (exact) mass is 461 g/mol. The number of unbranched alkanes of at least 4 members (excludes halogenated alkanes) is 5. The molecule has 188 valence electrons. The highest BCUT2D eigenvalue weighted by Gasteiger charge is 2.27. The summed E-state index contributed by atoms with van der Waals surface area (Å²) in [7, 11) is 5.78. The number of benzene rings is 1. The molecule has 1 N–H and O–H groups in total. The highest BCUT2D eigenvalue weighted by molar-refractivity contribution is 5.89. The summed E-state index contributed by atoms with van der Waals surface area (Å²) in [4.78, 5) is 16.9. The maximum absolute atomic E-state index is 12.6. The number of carbonyl (C=O) groups excluding carboxylic acids is 1. The van der Waals surface area contributed by atoms with Crippen molar-refractivity contribution in [2.75, 3.05) is 46.2 Å². The van der Waals surface area contributed by atoms with Crippen LogP contribution in [0.15, 0.2) is 24.3 Å². The zero-order chi connectivity index (χ0) is 23.9. The first-order chi connectivity index (χ1) is 16.0. The second-order valence-electron chi connectivity index (χ2n) is 9.50. The van der Waals surface area contributed by atoms with Crippen molar-refractivity contribution in [2.24, 2.45) is 0 Å². The summed E-state index contributed by atoms with van der Waals surface area (Å²) < 4.78 is 11.3. The van der Waals surface area contributed by atoms with Gasteiger partial charge >= 0.3 is 6.03 Å². The summed E-state index contributed by atoms with van der Waals surface area (Å²) in [5.41, 5.74) is 0.785. The van der Waals surface area contributed by atoms with E-state index >= 15 is 0 Å². The number of hydrogen-bond acceptors (Lipinski definition) is 4. The van der Waals surface area contributed by atoms with E-state index in [0.29, 0.717) is 6.10 Å². The van der Waals surface area contributed by atoms with Crippen LogP contribution >= 0.6 is 0 Å². The molecule has 1 aromatic rings. The second kappa shape index (κ2) is 15.9. The van der Waals surface area contributed by atoms with E-state index in [1.54, 1.807) is 7.11 Å². The van der Waals surface area contributed by atoms with E-state index in [9.17, 15) is 4.79 Å². The van der Waals surface area contributed by atoms with E-state index in [1.807, 2.05) is 36.2 Å². The Kier molecular flexibility index (Phi) is 13.3. The Morgan fingerprint density at radius 3 is 2.21 bits per heavy atom. The first-order valence-electron chi connectivity index (χ1n) is 13.0. The predicted octanol–water partition coefficient (Wildman–Crippen LogP) is 6.17. The fourth-order valence-electron chi connectivity index (χ4n) is 4.48. The third kappa shape index (κ3) is 10.8. The van der Waals surface area contributed by atoms with Gasteiger partial charge in [0.25, 0.3) is 0 Å². The first-order valence-corrected chi connectivity index (χ1v) is 13.0. The number of amides is 2. The molecule has 2 rings (SSSR count). The van der Waals surface area contributed by atoms with Crippen LogP contribution in [-0.4, -0.2) is 68.9 Å². The van der Waals surface area contributed by atoms with Crippen molar-refractivity contribution < 1.29 is 14.3 Å². The van der Waals surface area contributed by atoms with Crippen LogP contribution in [0.4, 0.5) is 10.5 Å². The van der Waals surface area contributed by atoms with Crippen molar-refractivity contribution in [1.29, 1.82) is 0 Å². The quantitative estimate of drug-likeness (QED) is 0.317. The smallest absolute Gasteiger partial charge is 0.321 e. The van der Waals surface area contributed by atoms with Gasteiger partial charge in [-0.1, -0.05) is 32.6 Å². The normalized spacial score (nSPS) is 18.3. The minimum atomic E-state index is -0.0551. The highest BCUT2D eigenvalue weighted by Crippen LogP contribution is 2.25. The molecule has 0 spiro atoms. The Morgan fingerprint density at radius 2 is 1.58 bits per heavy atom. The van der Waals surface area contributed by atoms with Gasteiger partial charge in [0, 0.05) is 25.4 Å². The molecule has 1 saturated carbocycles. The van der Waals surface area contributed by atoms with Gasteiger partial charge < -0.3 is 24.6 Å². The van der Waals surface area contributed by atoms with E-state index in [1.165, 1.54) is 51.6 Å². The van der Waals surface area contributed by atoms with Crippen molar-refractivity contribution >= 4 is 11.7 Å². The lowest BCUT2D eigenvalue weighted by Gasteiger charge is -2.34. The number of rotatable bonds is 15. The van der Waals surface area contributed by atoms with Crippen molar-refractivity contribution in [3.63, 3.8) is 0 Å². The Morgan fingerprint density at radius 1 is 0.939 bits per heavy atom. The van der Waals surface area contributed by atoms with Gasteiger partial charge in [-0.25, -0.2) is 4.79 Å². The zero-order valence-electron chi connectivity index (χ0n) is 21.5. The molecule has 0 radical (unpaired) electrons. The van der Waals surface area contributed by atoms with Crippen LogP contribution < -0.4 is 10.1 Å². The predicted molar refractivity (Wildman–Crippen MR) is 137 cm³/mol. The van der Waals surface area contributed by atoms with E-state index in [4.69, 9.17) is 9.47 Å². The number of anilines is 1. The van der Waals surface area contributed by atoms with Gasteiger partial charge in [-0.15, -0.1) is 0 Å². The maximum Gasteiger partial charge on any atom is 0.321 e. The molecule has 1 aliphatic rings. The number of methoxy groups -OCH3 is 1. The molecule has 0 bridgehead atoms. The minimum Gasteiger partial charge on any atom is -0.497 e. The van der Waals surface area contributed by atoms with Gasteiger partial charge in [0.2, 0.25) is 0 Å². The molecule has 6 nitrogen and oxygen atoms in total. The largest absolute Gasteiger partial charge is 0.497 e. The fraction of sp³-hybridized carbons (Fsp3) is 0.741. The van der Waals surface area contributed by atoms with Crippen LogP contribution in [0.5, 0.6) is 5.75 Å². The zero-order valence-corrected chi connectivity index (χ0v) is 21.5. The second-order valence-corrected chi connectivity index (χ2v) is 9.50. The van der Waals surface area contributed by atoms with Crippen molar-refractivity contribution in [3.8, 4) is 5.75 Å². The van der Waals surface area contributed by atoms with Gasteiger partial charge in [0.1, 0.15) is 5.75 Å². The number of urea groups is 1. The summed E-state index contributed by atoms with van der Waals surface area (Å²) in [5, 5.41) is 2.98. The van der Waals surface area contributed by atoms with Gasteiger partial charge in [0.05, 0.1) is 13.2 Å². The van der Waals surface area contributed by atoms with Crippen LogP contribution in [0.1, 0.15) is 77.6 Å². The van der Waals surface area contributed by atoms with Crippen molar-refractivity contribution in [1.82, 2.24) is 9.80 Å². The molecule has 0 heterocycles. The average molecular weight is 462 g/mol. The lowest BCUT2D eigenvalue weighted by atomic mass is 9.92. The van der Waals surface area contributed by atoms with Crippen LogP contribution in [0.2, 0.25) is 0 Å². The Labute approximate surface area is 202 Å². The molecule has 0 aliphatic heterocycles. The SMILES string of the molecule is CCCCCN(C)CCCCCCO[C@H]1CC[C@H](N(C)C(=O)Nc2ccc(OC)cc2)CC1. The summed E-state index contributed by atoms with van der Waals surface area (Å²) in [6, 6.07) is 7.65. The summed E-state index contributed by atoms with van der Waals surface area (Å²) in [5.74, 6) is 0.782. The molecule has 2 amide bonds. The van der Waals surface area contributed by atoms with Crippen LogP contribution in [0.3, 0.4) is 0 Å². The summed E-state index contributed by atoms with van der Waals surface area (Å²) >= 11 is 0. The number of hydrogen-bond donors (Lipinski definition) is 1. The van der Waals surface area contributed by atoms with E-state index in [0.717, 1.165) is 50.1 Å². The Bertz CT molecular complexity index is 645. The van der Waals surface area contributed by atoms with Gasteiger partial charge in [-0.2, -0.15) is 0 Å². The van der Waals surface area contributed by atoms with Gasteiger partial charge in [-0.3, -0.25) is 0 Å². The molecular formula is C27H47N3O3. The molecular weight excluding hydrogens is 414 g/mol. The standard InChI is InChI=1S/C27H47N3O3/c1-5-6-9-20-29(2)21-10-7-8-11-22-33-26-18-14-24(15-19-26)30(3)27(31)28-23-12-16-25(32-4)17-13-23/h12-13,16-17,24,26H,5-11,14-15,18-22H2,1-4H3,(H,28,31)/t24-,26-. The molecule has 33 heavy (non-hydrogen) atoms. The Hall–Kier alpha value is -1.79. The first kappa shape index (κ1) is 27.5. The lowest BCUT2D eigenvalue weighted by Crippen LogP contribution is -2.42. The molecule has 0 aromatic heterocycles. The number of nitrogens with one attached hydrogen (secondary N) is 1. The van der Waals surface area contributed by atoms with Gasteiger partial charge in [-0.05, 0) is 89.3 Å². The molecule has 0 saturated heterocycles. The van der Waals surface area contributed by atoms with E-state index in [2.05, 4.69) is 24.2 Å². The Balaban J connectivity index is 1.52. The fourth-order valence-corrected chi connectivity index (χ4v) is 4.48. The number of carbonyl (C=O) groups is 1. The number of nitrogens with zero attached hydrogens (tertiary/aromatic N) is 2. The molecule has 1 fully saturated rings. The van der Waals surface area contributed by atoms with Gasteiger partial charge in [0.15, 0.2) is 0 Å². The molecule has 0 unspecified atom stereocenters. The van der Waals surface area contributed by atoms with Crippen LogP contribution in [0, 0.1) is 0 Å². The highest BCUT2D eigenvalue weighted by atomic mass is 16.5. The topological polar surface area (TPSA) is 54.0 Å². The van der Waals surface area contributed by atoms with Crippen LogP contribution in [0.25, 0.3) is 0 Å². The van der Waals surface area contributed by atoms with Crippen molar-refractivity contribution in [3.05, 3.63) is 24.3 Å². The van der Waals surface area contributed by atoms with E-state index in [-0.39, 0.29) is 12.1 Å². The lowest BCUT2D eigenvalue weighted by molar-refractivity contribution is 0.0130. The summed E-state index contributed by atoms with van der Waals surface area (Å²) in [6.45, 7) is 5.58. The van der Waals surface area contributed by atoms with Crippen molar-refractivity contribution in [2.45, 2.75) is 89.7 Å². The number of ether oxygens (including phenoxy) is 2. The molecule has 1 aromatic carbocycles. The molecule has 6 heteroatoms. The third-order valence-corrected chi connectivity index (χ3v) is 6.78. The van der Waals surface area contributed by atoms with Crippen LogP contribution in [-0.2, 0) is 4.74 Å². The van der Waals surface area contributed by atoms with E-state index < -0.39 is 0 Å². The molecule has 0 atom stereocenters. The third-order valence-electron chi connectivity index (χ3n) is 6.78. The molecule has 1 aliphatic carbocycles. The summed E-state index contributed by atoms with van der Waals surface area (Å²) in [6.07, 6.45) is 13.4. The maximum atomic E-state index is 12.6. The minimum absolute atomic E-state index is 0.0551. The average Bonchev–Trinajstić information content (AvgIpc) is 2.84.